The van der Waals surface area contributed by atoms with Gasteiger partial charge < -0.3 is 15.5 Å². The van der Waals surface area contributed by atoms with Crippen molar-refractivity contribution in [1.82, 2.24) is 4.98 Å². The van der Waals surface area contributed by atoms with Gasteiger partial charge in [0.05, 0.1) is 5.00 Å². The summed E-state index contributed by atoms with van der Waals surface area (Å²) in [4.78, 5) is 5.03. The van der Waals surface area contributed by atoms with E-state index in [4.69, 9.17) is 10.2 Å². The second kappa shape index (κ2) is 2.67. The van der Waals surface area contributed by atoms with Crippen LogP contribution in [-0.2, 0) is 0 Å². The minimum atomic E-state index is 0.568. The molecule has 0 saturated carbocycles. The predicted molar refractivity (Wildman–Crippen MR) is 50.5 cm³/mol. The summed E-state index contributed by atoms with van der Waals surface area (Å²) in [5.41, 5.74) is 6.31. The highest BCUT2D eigenvalue weighted by Crippen LogP contribution is 2.28. The first-order valence-corrected chi connectivity index (χ1v) is 4.51. The van der Waals surface area contributed by atoms with Crippen LogP contribution in [-0.4, -0.2) is 11.5 Å². The zero-order chi connectivity index (χ0) is 8.55. The van der Waals surface area contributed by atoms with Crippen molar-refractivity contribution in [2.45, 2.75) is 6.92 Å². The van der Waals surface area contributed by atoms with E-state index >= 15 is 0 Å². The summed E-state index contributed by atoms with van der Waals surface area (Å²) < 4.78 is 5.34. The van der Waals surface area contributed by atoms with Gasteiger partial charge in [-0.1, -0.05) is 11.3 Å². The first-order chi connectivity index (χ1) is 5.79. The molecule has 0 aliphatic heterocycles. The van der Waals surface area contributed by atoms with Gasteiger partial charge in [0, 0.05) is 12.6 Å². The molecule has 2 aromatic rings. The minimum absolute atomic E-state index is 0.568. The first-order valence-electron chi connectivity index (χ1n) is 3.69. The van der Waals surface area contributed by atoms with E-state index in [0.717, 1.165) is 22.0 Å². The number of oxazole rings is 1. The van der Waals surface area contributed by atoms with Crippen LogP contribution >= 0.6 is 11.3 Å². The predicted octanol–water partition coefficient (Wildman–Crippen LogP) is 1.90. The van der Waals surface area contributed by atoms with E-state index in [1.54, 1.807) is 6.07 Å². The average Bonchev–Trinajstić information content (AvgIpc) is 2.44. The first kappa shape index (κ1) is 7.42. The van der Waals surface area contributed by atoms with Crippen molar-refractivity contribution in [3.63, 3.8) is 0 Å². The van der Waals surface area contributed by atoms with Gasteiger partial charge >= 0.3 is 0 Å². The molecule has 2 heterocycles. The van der Waals surface area contributed by atoms with Gasteiger partial charge in [-0.15, -0.1) is 0 Å². The number of nitrogens with zero attached hydrogens (tertiary/aromatic N) is 1. The van der Waals surface area contributed by atoms with Crippen molar-refractivity contribution in [1.29, 1.82) is 0 Å². The molecule has 0 bridgehead atoms. The molecule has 4 nitrogen and oxygen atoms in total. The second-order valence-corrected chi connectivity index (χ2v) is 3.43. The third kappa shape index (κ3) is 1.12. The fourth-order valence-electron chi connectivity index (χ4n) is 0.979. The Labute approximate surface area is 73.4 Å². The largest absolute Gasteiger partial charge is 0.423 e. The third-order valence-electron chi connectivity index (χ3n) is 1.44. The topological polar surface area (TPSA) is 64.1 Å². The van der Waals surface area contributed by atoms with Crippen LogP contribution < -0.4 is 11.1 Å². The summed E-state index contributed by atoms with van der Waals surface area (Å²) >= 11 is 1.43. The molecule has 0 fully saturated rings. The summed E-state index contributed by atoms with van der Waals surface area (Å²) in [6.45, 7) is 2.80. The fraction of sp³-hybridized carbons (Fsp3) is 0.286. The van der Waals surface area contributed by atoms with Gasteiger partial charge in [-0.3, -0.25) is 0 Å². The Hall–Kier alpha value is -1.23. The number of nitrogen functional groups attached to an aromatic ring is 1. The van der Waals surface area contributed by atoms with Crippen LogP contribution in [0.15, 0.2) is 10.5 Å². The van der Waals surface area contributed by atoms with Crippen LogP contribution in [0.2, 0.25) is 0 Å². The van der Waals surface area contributed by atoms with Gasteiger partial charge in [0.25, 0.3) is 6.01 Å². The standard InChI is InChI=1S/C7H9N3OS/c1-2-9-7-10-6-4(11-7)3-5(8)12-6/h3H,2,8H2,1H3,(H,9,10). The molecule has 2 aromatic heterocycles. The zero-order valence-corrected chi connectivity index (χ0v) is 7.44. The molecular formula is C7H9N3OS. The number of anilines is 2. The van der Waals surface area contributed by atoms with Crippen molar-refractivity contribution < 1.29 is 4.42 Å². The molecule has 0 amide bonds. The van der Waals surface area contributed by atoms with Crippen LogP contribution in [0.3, 0.4) is 0 Å². The van der Waals surface area contributed by atoms with E-state index in [2.05, 4.69) is 10.3 Å². The quantitative estimate of drug-likeness (QED) is 0.746. The Morgan fingerprint density at radius 3 is 3.25 bits per heavy atom. The SMILES string of the molecule is CCNc1nc2sc(N)cc2o1. The van der Waals surface area contributed by atoms with Gasteiger partial charge in [-0.2, -0.15) is 4.98 Å². The van der Waals surface area contributed by atoms with Crippen LogP contribution in [0.4, 0.5) is 11.0 Å². The van der Waals surface area contributed by atoms with Gasteiger partial charge in [0.1, 0.15) is 0 Å². The Bertz CT molecular complexity index is 361. The molecule has 0 spiro atoms. The van der Waals surface area contributed by atoms with Gasteiger partial charge in [0.15, 0.2) is 10.4 Å². The number of hydrogen-bond donors (Lipinski definition) is 2. The molecule has 64 valence electrons. The summed E-state index contributed by atoms with van der Waals surface area (Å²) in [5.74, 6) is 0. The van der Waals surface area contributed by atoms with Crippen molar-refractivity contribution in [2.75, 3.05) is 17.6 Å². The molecule has 5 heteroatoms. The van der Waals surface area contributed by atoms with E-state index in [1.807, 2.05) is 6.92 Å². The number of nitrogens with one attached hydrogen (secondary N) is 1. The molecular weight excluding hydrogens is 174 g/mol. The number of thiophene rings is 1. The maximum Gasteiger partial charge on any atom is 0.296 e. The van der Waals surface area contributed by atoms with Crippen molar-refractivity contribution in [2.24, 2.45) is 0 Å². The summed E-state index contributed by atoms with van der Waals surface area (Å²) in [7, 11) is 0. The highest BCUT2D eigenvalue weighted by atomic mass is 32.1. The zero-order valence-electron chi connectivity index (χ0n) is 6.63. The smallest absolute Gasteiger partial charge is 0.296 e. The lowest BCUT2D eigenvalue weighted by atomic mass is 10.6. The molecule has 0 radical (unpaired) electrons. The summed E-state index contributed by atoms with van der Waals surface area (Å²) in [6, 6.07) is 2.35. The molecule has 0 unspecified atom stereocenters. The van der Waals surface area contributed by atoms with E-state index in [1.165, 1.54) is 11.3 Å². The highest BCUT2D eigenvalue weighted by Gasteiger charge is 2.07. The summed E-state index contributed by atoms with van der Waals surface area (Å²) in [5, 5.41) is 3.73. The molecule has 0 saturated heterocycles. The van der Waals surface area contributed by atoms with E-state index in [-0.39, 0.29) is 0 Å². The Kier molecular flexibility index (Phi) is 1.65. The Morgan fingerprint density at radius 2 is 2.58 bits per heavy atom. The molecule has 0 aliphatic carbocycles. The molecule has 0 atom stereocenters. The van der Waals surface area contributed by atoms with E-state index in [9.17, 15) is 0 Å². The summed E-state index contributed by atoms with van der Waals surface area (Å²) in [6.07, 6.45) is 0. The average molecular weight is 183 g/mol. The lowest BCUT2D eigenvalue weighted by Crippen LogP contribution is -1.95. The van der Waals surface area contributed by atoms with Gasteiger partial charge in [-0.05, 0) is 6.92 Å². The molecule has 2 rings (SSSR count). The van der Waals surface area contributed by atoms with E-state index < -0.39 is 0 Å². The van der Waals surface area contributed by atoms with Crippen LogP contribution in [0.25, 0.3) is 10.4 Å². The van der Waals surface area contributed by atoms with Crippen LogP contribution in [0.1, 0.15) is 6.92 Å². The lowest BCUT2D eigenvalue weighted by Gasteiger charge is -1.91. The fourth-order valence-corrected chi connectivity index (χ4v) is 1.70. The maximum absolute atomic E-state index is 5.56. The molecule has 0 aromatic carbocycles. The number of aromatic nitrogens is 1. The second-order valence-electron chi connectivity index (χ2n) is 2.37. The maximum atomic E-state index is 5.56. The Balaban J connectivity index is 2.43. The van der Waals surface area contributed by atoms with Crippen LogP contribution in [0.5, 0.6) is 0 Å². The molecule has 12 heavy (non-hydrogen) atoms. The minimum Gasteiger partial charge on any atom is -0.423 e. The molecule has 3 N–H and O–H groups in total. The van der Waals surface area contributed by atoms with Gasteiger partial charge in [-0.25, -0.2) is 0 Å². The van der Waals surface area contributed by atoms with E-state index in [0.29, 0.717) is 6.01 Å². The van der Waals surface area contributed by atoms with Crippen molar-refractivity contribution in [3.05, 3.63) is 6.07 Å². The monoisotopic (exact) mass is 183 g/mol. The number of nitrogens with two attached hydrogens (primary N) is 1. The third-order valence-corrected chi connectivity index (χ3v) is 2.28. The van der Waals surface area contributed by atoms with Crippen molar-refractivity contribution >= 4 is 32.8 Å². The van der Waals surface area contributed by atoms with Gasteiger partial charge in [0.2, 0.25) is 0 Å². The lowest BCUT2D eigenvalue weighted by molar-refractivity contribution is 0.617. The highest BCUT2D eigenvalue weighted by molar-refractivity contribution is 7.22. The number of hydrogen-bond acceptors (Lipinski definition) is 5. The normalized spacial score (nSPS) is 10.8. The Morgan fingerprint density at radius 1 is 1.75 bits per heavy atom. The van der Waals surface area contributed by atoms with Crippen molar-refractivity contribution in [3.8, 4) is 0 Å². The van der Waals surface area contributed by atoms with Crippen LogP contribution in [0, 0.1) is 0 Å². The number of fused-ring (bicyclic) bond motifs is 1. The molecule has 0 aliphatic rings. The number of rotatable bonds is 2.